The van der Waals surface area contributed by atoms with E-state index in [2.05, 4.69) is 17.1 Å². The third kappa shape index (κ3) is 3.22. The van der Waals surface area contributed by atoms with E-state index in [0.717, 1.165) is 0 Å². The average molecular weight is 327 g/mol. The van der Waals surface area contributed by atoms with E-state index in [9.17, 15) is 13.2 Å². The Morgan fingerprint density at radius 3 is 2.59 bits per heavy atom. The number of piperidine rings is 1. The van der Waals surface area contributed by atoms with Gasteiger partial charge < -0.3 is 9.84 Å². The quantitative estimate of drug-likeness (QED) is 0.814. The molecule has 1 fully saturated rings. The first-order chi connectivity index (χ1) is 10.4. The molecule has 7 nitrogen and oxygen atoms in total. The molecule has 22 heavy (non-hydrogen) atoms. The molecule has 0 aliphatic carbocycles. The van der Waals surface area contributed by atoms with Gasteiger partial charge in [-0.1, -0.05) is 11.2 Å². The molecule has 1 aliphatic rings. The summed E-state index contributed by atoms with van der Waals surface area (Å²) in [6.45, 7) is 7.81. The van der Waals surface area contributed by atoms with Gasteiger partial charge in [-0.2, -0.15) is 4.31 Å². The number of nitrogens with one attached hydrogen (secondary N) is 1. The van der Waals surface area contributed by atoms with Crippen molar-refractivity contribution in [3.05, 3.63) is 24.1 Å². The summed E-state index contributed by atoms with van der Waals surface area (Å²) in [7, 11) is -3.62. The van der Waals surface area contributed by atoms with Gasteiger partial charge in [0.1, 0.15) is 10.6 Å². The standard InChI is InChI=1S/C14H21N3O4S/c1-4-7-15-14(18)12-5-8-17(9-6-12)22(19,20)13-10(2)16-21-11(13)3/h4,12H,1,5-9H2,2-3H3,(H,15,18). The number of aryl methyl sites for hydroxylation is 2. The van der Waals surface area contributed by atoms with Crippen LogP contribution in [0.5, 0.6) is 0 Å². The molecule has 8 heteroatoms. The number of hydrogen-bond donors (Lipinski definition) is 1. The fourth-order valence-corrected chi connectivity index (χ4v) is 4.41. The Balaban J connectivity index is 2.05. The normalized spacial score (nSPS) is 17.4. The number of aromatic nitrogens is 1. The van der Waals surface area contributed by atoms with E-state index in [1.807, 2.05) is 0 Å². The molecule has 0 radical (unpaired) electrons. The van der Waals surface area contributed by atoms with E-state index in [1.54, 1.807) is 19.9 Å². The Kier molecular flexibility index (Phi) is 5.02. The molecular formula is C14H21N3O4S. The molecule has 2 heterocycles. The number of rotatable bonds is 5. The van der Waals surface area contributed by atoms with Crippen LogP contribution in [0.15, 0.2) is 22.1 Å². The van der Waals surface area contributed by atoms with Crippen LogP contribution in [-0.4, -0.2) is 43.4 Å². The van der Waals surface area contributed by atoms with Crippen LogP contribution in [0.2, 0.25) is 0 Å². The second-order valence-electron chi connectivity index (χ2n) is 5.37. The van der Waals surface area contributed by atoms with E-state index < -0.39 is 10.0 Å². The molecule has 0 aromatic carbocycles. The smallest absolute Gasteiger partial charge is 0.248 e. The largest absolute Gasteiger partial charge is 0.360 e. The lowest BCUT2D eigenvalue weighted by Gasteiger charge is -2.30. The van der Waals surface area contributed by atoms with Crippen LogP contribution in [0.1, 0.15) is 24.3 Å². The minimum atomic E-state index is -3.62. The fraction of sp³-hybridized carbons (Fsp3) is 0.571. The van der Waals surface area contributed by atoms with Crippen molar-refractivity contribution in [1.82, 2.24) is 14.8 Å². The maximum atomic E-state index is 12.7. The first-order valence-corrected chi connectivity index (χ1v) is 8.63. The highest BCUT2D eigenvalue weighted by atomic mass is 32.2. The lowest BCUT2D eigenvalue weighted by Crippen LogP contribution is -2.43. The highest BCUT2D eigenvalue weighted by Crippen LogP contribution is 2.27. The van der Waals surface area contributed by atoms with Crippen molar-refractivity contribution in [3.8, 4) is 0 Å². The zero-order valence-electron chi connectivity index (χ0n) is 12.8. The molecule has 1 N–H and O–H groups in total. The summed E-state index contributed by atoms with van der Waals surface area (Å²) in [5.41, 5.74) is 0.364. The minimum Gasteiger partial charge on any atom is -0.360 e. The fourth-order valence-electron chi connectivity index (χ4n) is 2.65. The maximum absolute atomic E-state index is 12.7. The maximum Gasteiger partial charge on any atom is 0.248 e. The van der Waals surface area contributed by atoms with Gasteiger partial charge in [0.25, 0.3) is 0 Å². The van der Waals surface area contributed by atoms with Gasteiger partial charge in [-0.15, -0.1) is 6.58 Å². The predicted octanol–water partition coefficient (Wildman–Crippen LogP) is 0.994. The molecule has 1 amide bonds. The van der Waals surface area contributed by atoms with Gasteiger partial charge in [-0.25, -0.2) is 8.42 Å². The summed E-state index contributed by atoms with van der Waals surface area (Å²) in [4.78, 5) is 12.0. The van der Waals surface area contributed by atoms with Crippen LogP contribution in [-0.2, 0) is 14.8 Å². The highest BCUT2D eigenvalue weighted by Gasteiger charge is 2.35. The molecule has 0 spiro atoms. The molecule has 1 aliphatic heterocycles. The van der Waals surface area contributed by atoms with Crippen LogP contribution >= 0.6 is 0 Å². The van der Waals surface area contributed by atoms with Gasteiger partial charge >= 0.3 is 0 Å². The number of sulfonamides is 1. The Morgan fingerprint density at radius 2 is 2.09 bits per heavy atom. The lowest BCUT2D eigenvalue weighted by atomic mass is 9.97. The summed E-state index contributed by atoms with van der Waals surface area (Å²) in [5, 5.41) is 6.45. The molecule has 1 aromatic rings. The van der Waals surface area contributed by atoms with Crippen molar-refractivity contribution < 1.29 is 17.7 Å². The van der Waals surface area contributed by atoms with Crippen molar-refractivity contribution in [2.24, 2.45) is 5.92 Å². The van der Waals surface area contributed by atoms with Gasteiger partial charge in [0.2, 0.25) is 15.9 Å². The molecule has 1 saturated heterocycles. The summed E-state index contributed by atoms with van der Waals surface area (Å²) in [6.07, 6.45) is 2.63. The van der Waals surface area contributed by atoms with E-state index in [1.165, 1.54) is 4.31 Å². The Morgan fingerprint density at radius 1 is 1.45 bits per heavy atom. The van der Waals surface area contributed by atoms with Gasteiger partial charge in [0.05, 0.1) is 0 Å². The summed E-state index contributed by atoms with van der Waals surface area (Å²) in [5.74, 6) is 0.0914. The zero-order valence-corrected chi connectivity index (χ0v) is 13.6. The molecule has 0 atom stereocenters. The summed E-state index contributed by atoms with van der Waals surface area (Å²) < 4.78 is 31.6. The third-order valence-corrected chi connectivity index (χ3v) is 5.95. The first-order valence-electron chi connectivity index (χ1n) is 7.19. The lowest BCUT2D eigenvalue weighted by molar-refractivity contribution is -0.125. The minimum absolute atomic E-state index is 0.0470. The van der Waals surface area contributed by atoms with Crippen LogP contribution in [0, 0.1) is 19.8 Å². The van der Waals surface area contributed by atoms with Crippen molar-refractivity contribution in [2.75, 3.05) is 19.6 Å². The molecule has 122 valence electrons. The van der Waals surface area contributed by atoms with E-state index in [-0.39, 0.29) is 16.7 Å². The van der Waals surface area contributed by atoms with Gasteiger partial charge in [0.15, 0.2) is 5.76 Å². The van der Waals surface area contributed by atoms with Crippen molar-refractivity contribution in [2.45, 2.75) is 31.6 Å². The number of carbonyl (C=O) groups is 1. The average Bonchev–Trinajstić information content (AvgIpc) is 2.84. The zero-order chi connectivity index (χ0) is 16.3. The van der Waals surface area contributed by atoms with E-state index in [0.29, 0.717) is 43.9 Å². The number of carbonyl (C=O) groups excluding carboxylic acids is 1. The molecule has 0 saturated carbocycles. The summed E-state index contributed by atoms with van der Waals surface area (Å²) in [6, 6.07) is 0. The van der Waals surface area contributed by atoms with Crippen LogP contribution in [0.4, 0.5) is 0 Å². The third-order valence-electron chi connectivity index (χ3n) is 3.81. The predicted molar refractivity (Wildman–Crippen MR) is 80.7 cm³/mol. The number of hydrogen-bond acceptors (Lipinski definition) is 5. The van der Waals surface area contributed by atoms with Crippen LogP contribution in [0.3, 0.4) is 0 Å². The summed E-state index contributed by atoms with van der Waals surface area (Å²) >= 11 is 0. The topological polar surface area (TPSA) is 92.5 Å². The van der Waals surface area contributed by atoms with E-state index >= 15 is 0 Å². The molecule has 0 unspecified atom stereocenters. The van der Waals surface area contributed by atoms with E-state index in [4.69, 9.17) is 4.52 Å². The van der Waals surface area contributed by atoms with Gasteiger partial charge in [-0.3, -0.25) is 4.79 Å². The van der Waals surface area contributed by atoms with Crippen molar-refractivity contribution in [3.63, 3.8) is 0 Å². The second kappa shape index (κ2) is 6.62. The first kappa shape index (κ1) is 16.7. The molecular weight excluding hydrogens is 306 g/mol. The molecule has 2 rings (SSSR count). The van der Waals surface area contributed by atoms with Crippen LogP contribution in [0.25, 0.3) is 0 Å². The molecule has 1 aromatic heterocycles. The molecule has 0 bridgehead atoms. The highest BCUT2D eigenvalue weighted by molar-refractivity contribution is 7.89. The van der Waals surface area contributed by atoms with Crippen LogP contribution < -0.4 is 5.32 Å². The van der Waals surface area contributed by atoms with Gasteiger partial charge in [-0.05, 0) is 26.7 Å². The SMILES string of the molecule is C=CCNC(=O)C1CCN(S(=O)(=O)c2c(C)noc2C)CC1. The van der Waals surface area contributed by atoms with Crippen molar-refractivity contribution >= 4 is 15.9 Å². The second-order valence-corrected chi connectivity index (χ2v) is 7.24. The Bertz CT molecular complexity index is 638. The monoisotopic (exact) mass is 327 g/mol. The number of amides is 1. The van der Waals surface area contributed by atoms with Gasteiger partial charge in [0, 0.05) is 25.6 Å². The van der Waals surface area contributed by atoms with Crippen molar-refractivity contribution in [1.29, 1.82) is 0 Å². The Labute approximate surface area is 130 Å². The Hall–Kier alpha value is -1.67. The number of nitrogens with zero attached hydrogens (tertiary/aromatic N) is 2.